The molecule has 0 spiro atoms. The number of carbonyl (C=O) groups excluding carboxylic acids is 1. The molecule has 2 aromatic heterocycles. The van der Waals surface area contributed by atoms with Crippen LogP contribution < -0.4 is 10.6 Å². The predicted molar refractivity (Wildman–Crippen MR) is 157 cm³/mol. The summed E-state index contributed by atoms with van der Waals surface area (Å²) in [6, 6.07) is 22.7. The summed E-state index contributed by atoms with van der Waals surface area (Å²) in [5, 5.41) is 8.01. The third kappa shape index (κ3) is 5.14. The number of carbonyl (C=O) groups is 1. The van der Waals surface area contributed by atoms with Gasteiger partial charge in [-0.15, -0.1) is 0 Å². The molecule has 2 atom stereocenters. The third-order valence-electron chi connectivity index (χ3n) is 6.80. The van der Waals surface area contributed by atoms with E-state index in [0.717, 1.165) is 34.0 Å². The molecule has 1 saturated heterocycles. The summed E-state index contributed by atoms with van der Waals surface area (Å²) in [6.07, 6.45) is 2.06. The lowest BCUT2D eigenvalue weighted by Gasteiger charge is -2.28. The molecule has 194 valence electrons. The highest BCUT2D eigenvalue weighted by Crippen LogP contribution is 2.42. The second-order valence-corrected chi connectivity index (χ2v) is 10.4. The van der Waals surface area contributed by atoms with Gasteiger partial charge in [0.1, 0.15) is 0 Å². The Morgan fingerprint density at radius 2 is 1.82 bits per heavy atom. The Hall–Kier alpha value is -3.39. The number of thiocarbonyl (C=S) groups is 1. The molecule has 0 aliphatic carbocycles. The molecule has 9 heteroatoms. The Balaban J connectivity index is 1.50. The predicted octanol–water partition coefficient (Wildman–Crippen LogP) is 6.80. The van der Waals surface area contributed by atoms with E-state index in [1.54, 1.807) is 12.3 Å². The maximum absolute atomic E-state index is 12.8. The van der Waals surface area contributed by atoms with Crippen LogP contribution in [-0.2, 0) is 4.79 Å². The van der Waals surface area contributed by atoms with E-state index in [4.69, 9.17) is 35.4 Å². The van der Waals surface area contributed by atoms with Crippen molar-refractivity contribution in [2.24, 2.45) is 0 Å². The fourth-order valence-corrected chi connectivity index (χ4v) is 5.79. The zero-order chi connectivity index (χ0) is 26.8. The molecule has 1 aliphatic rings. The van der Waals surface area contributed by atoms with E-state index in [9.17, 15) is 4.79 Å². The van der Waals surface area contributed by atoms with Gasteiger partial charge in [-0.25, -0.2) is 0 Å². The van der Waals surface area contributed by atoms with Crippen LogP contribution in [0.2, 0.25) is 10.0 Å². The number of benzene rings is 2. The average Bonchev–Trinajstić information content (AvgIpc) is 3.40. The quantitative estimate of drug-likeness (QED) is 0.242. The number of amides is 1. The van der Waals surface area contributed by atoms with Crippen LogP contribution in [0.4, 0.5) is 5.69 Å². The van der Waals surface area contributed by atoms with Gasteiger partial charge in [0.2, 0.25) is 5.91 Å². The molecule has 0 saturated carbocycles. The summed E-state index contributed by atoms with van der Waals surface area (Å²) in [7, 11) is 0. The minimum Gasteiger partial charge on any atom is -0.352 e. The minimum absolute atomic E-state index is 0.0739. The van der Waals surface area contributed by atoms with Crippen molar-refractivity contribution in [1.29, 1.82) is 0 Å². The van der Waals surface area contributed by atoms with Gasteiger partial charge in [0.25, 0.3) is 0 Å². The zero-order valence-electron chi connectivity index (χ0n) is 21.0. The molecule has 2 aromatic carbocycles. The van der Waals surface area contributed by atoms with Crippen LogP contribution >= 0.6 is 35.4 Å². The van der Waals surface area contributed by atoms with Gasteiger partial charge in [-0.3, -0.25) is 9.78 Å². The van der Waals surface area contributed by atoms with E-state index in [2.05, 4.69) is 38.1 Å². The van der Waals surface area contributed by atoms with Crippen LogP contribution in [0.5, 0.6) is 0 Å². The monoisotopic (exact) mass is 563 g/mol. The Morgan fingerprint density at radius 3 is 2.55 bits per heavy atom. The van der Waals surface area contributed by atoms with Crippen molar-refractivity contribution in [3.05, 3.63) is 112 Å². The van der Waals surface area contributed by atoms with Crippen LogP contribution in [0.15, 0.2) is 79.0 Å². The maximum Gasteiger partial charge on any atom is 0.226 e. The number of para-hydroxylation sites is 1. The van der Waals surface area contributed by atoms with Gasteiger partial charge in [0.05, 0.1) is 33.5 Å². The van der Waals surface area contributed by atoms with E-state index in [1.807, 2.05) is 67.6 Å². The van der Waals surface area contributed by atoms with Crippen molar-refractivity contribution in [3.63, 3.8) is 0 Å². The summed E-state index contributed by atoms with van der Waals surface area (Å²) >= 11 is 18.8. The maximum atomic E-state index is 12.8. The Kier molecular flexibility index (Phi) is 7.70. The first-order valence-electron chi connectivity index (χ1n) is 12.3. The van der Waals surface area contributed by atoms with Crippen molar-refractivity contribution >= 4 is 52.1 Å². The molecule has 4 aromatic rings. The van der Waals surface area contributed by atoms with Crippen LogP contribution in [0, 0.1) is 13.8 Å². The molecule has 0 unspecified atom stereocenters. The van der Waals surface area contributed by atoms with Crippen molar-refractivity contribution in [1.82, 2.24) is 19.8 Å². The molecule has 1 fully saturated rings. The highest BCUT2D eigenvalue weighted by molar-refractivity contribution is 7.80. The number of pyridine rings is 1. The molecule has 0 bridgehead atoms. The molecular formula is C29H27Cl2N5OS. The smallest absolute Gasteiger partial charge is 0.226 e. The van der Waals surface area contributed by atoms with E-state index >= 15 is 0 Å². The molecule has 1 aliphatic heterocycles. The Labute approximate surface area is 237 Å². The summed E-state index contributed by atoms with van der Waals surface area (Å²) < 4.78 is 2.11. The standard InChI is InChI=1S/C29H27Cl2N5OS/c1-18-17-21(19(2)36(18)24-13-8-11-22(30)26(24)31)28-27(23-12-6-7-15-32-23)34-29(38)35(28)16-14-25(37)33-20-9-4-3-5-10-20/h3-13,15,17,27-28H,14,16H2,1-2H3,(H,33,37)(H,34,38)/t27-,28+/m1/s1. The van der Waals surface area contributed by atoms with Crippen molar-refractivity contribution in [2.75, 3.05) is 11.9 Å². The van der Waals surface area contributed by atoms with Gasteiger partial charge in [-0.2, -0.15) is 0 Å². The van der Waals surface area contributed by atoms with Crippen molar-refractivity contribution in [3.8, 4) is 5.69 Å². The van der Waals surface area contributed by atoms with E-state index in [-0.39, 0.29) is 24.4 Å². The Morgan fingerprint density at radius 1 is 1.05 bits per heavy atom. The number of halogens is 2. The molecule has 2 N–H and O–H groups in total. The third-order valence-corrected chi connectivity index (χ3v) is 7.96. The van der Waals surface area contributed by atoms with Crippen molar-refractivity contribution < 1.29 is 4.79 Å². The molecular weight excluding hydrogens is 537 g/mol. The fourth-order valence-electron chi connectivity index (χ4n) is 5.07. The van der Waals surface area contributed by atoms with Gasteiger partial charge in [-0.1, -0.05) is 53.5 Å². The first kappa shape index (κ1) is 26.2. The first-order valence-corrected chi connectivity index (χ1v) is 13.5. The van der Waals surface area contributed by atoms with Crippen LogP contribution in [-0.4, -0.2) is 32.0 Å². The summed E-state index contributed by atoms with van der Waals surface area (Å²) in [5.41, 5.74) is 5.57. The highest BCUT2D eigenvalue weighted by atomic mass is 35.5. The van der Waals surface area contributed by atoms with Crippen LogP contribution in [0.1, 0.15) is 41.1 Å². The second-order valence-electron chi connectivity index (χ2n) is 9.22. The summed E-state index contributed by atoms with van der Waals surface area (Å²) in [4.78, 5) is 19.5. The van der Waals surface area contributed by atoms with Gasteiger partial charge in [-0.05, 0) is 74.1 Å². The molecule has 6 nitrogen and oxygen atoms in total. The number of hydrogen-bond acceptors (Lipinski definition) is 3. The number of rotatable bonds is 7. The summed E-state index contributed by atoms with van der Waals surface area (Å²) in [5.74, 6) is -0.0739. The average molecular weight is 565 g/mol. The molecule has 1 amide bonds. The molecule has 3 heterocycles. The zero-order valence-corrected chi connectivity index (χ0v) is 23.3. The SMILES string of the molecule is Cc1cc([C@H]2[C@@H](c3ccccn3)NC(=S)N2CCC(=O)Nc2ccccc2)c(C)n1-c1cccc(Cl)c1Cl. The molecule has 38 heavy (non-hydrogen) atoms. The second kappa shape index (κ2) is 11.2. The topological polar surface area (TPSA) is 62.2 Å². The van der Waals surface area contributed by atoms with Crippen LogP contribution in [0.25, 0.3) is 5.69 Å². The molecule has 5 rings (SSSR count). The number of aromatic nitrogens is 2. The lowest BCUT2D eigenvalue weighted by atomic mass is 9.96. The van der Waals surface area contributed by atoms with Gasteiger partial charge >= 0.3 is 0 Å². The summed E-state index contributed by atoms with van der Waals surface area (Å²) in [6.45, 7) is 4.55. The van der Waals surface area contributed by atoms with Gasteiger partial charge in [0, 0.05) is 36.2 Å². The molecule has 0 radical (unpaired) electrons. The number of anilines is 1. The normalized spacial score (nSPS) is 16.9. The van der Waals surface area contributed by atoms with Gasteiger partial charge < -0.3 is 20.1 Å². The highest BCUT2D eigenvalue weighted by Gasteiger charge is 2.41. The van der Waals surface area contributed by atoms with Gasteiger partial charge in [0.15, 0.2) is 5.11 Å². The van der Waals surface area contributed by atoms with Crippen LogP contribution in [0.3, 0.4) is 0 Å². The van der Waals surface area contributed by atoms with E-state index in [0.29, 0.717) is 21.7 Å². The largest absolute Gasteiger partial charge is 0.352 e. The lowest BCUT2D eigenvalue weighted by Crippen LogP contribution is -2.32. The number of hydrogen-bond donors (Lipinski definition) is 2. The van der Waals surface area contributed by atoms with E-state index < -0.39 is 0 Å². The lowest BCUT2D eigenvalue weighted by molar-refractivity contribution is -0.116. The number of nitrogens with zero attached hydrogens (tertiary/aromatic N) is 3. The van der Waals surface area contributed by atoms with E-state index in [1.165, 1.54) is 0 Å². The minimum atomic E-state index is -0.190. The Bertz CT molecular complexity index is 1480. The first-order chi connectivity index (χ1) is 18.3. The van der Waals surface area contributed by atoms with Crippen molar-refractivity contribution in [2.45, 2.75) is 32.4 Å². The number of aryl methyl sites for hydroxylation is 1. The number of nitrogens with one attached hydrogen (secondary N) is 2. The fraction of sp³-hybridized carbons (Fsp3) is 0.207.